The van der Waals surface area contributed by atoms with E-state index in [2.05, 4.69) is 37.0 Å². The minimum Gasteiger partial charge on any atom is -0.508 e. The molecule has 104 valence electrons. The lowest BCUT2D eigenvalue weighted by Crippen LogP contribution is -2.40. The summed E-state index contributed by atoms with van der Waals surface area (Å²) in [5.41, 5.74) is 2.74. The highest BCUT2D eigenvalue weighted by Crippen LogP contribution is 2.27. The first-order valence-corrected chi connectivity index (χ1v) is 7.40. The van der Waals surface area contributed by atoms with Crippen LogP contribution in [0.4, 0.5) is 0 Å². The van der Waals surface area contributed by atoms with Crippen molar-refractivity contribution in [2.75, 3.05) is 13.1 Å². The van der Waals surface area contributed by atoms with Crippen molar-refractivity contribution >= 4 is 0 Å². The average molecular weight is 259 g/mol. The van der Waals surface area contributed by atoms with Crippen LogP contribution in [0.25, 0.3) is 0 Å². The fraction of sp³-hybridized carbons (Fsp3) is 0.529. The van der Waals surface area contributed by atoms with E-state index in [0.717, 1.165) is 25.9 Å². The monoisotopic (exact) mass is 259 g/mol. The molecule has 0 aromatic heterocycles. The van der Waals surface area contributed by atoms with Crippen LogP contribution in [-0.4, -0.2) is 29.1 Å². The molecule has 2 rings (SSSR count). The maximum atomic E-state index is 9.63. The summed E-state index contributed by atoms with van der Waals surface area (Å²) in [5, 5.41) is 9.63. The molecule has 19 heavy (non-hydrogen) atoms. The quantitative estimate of drug-likeness (QED) is 0.818. The fourth-order valence-electron chi connectivity index (χ4n) is 2.99. The number of aryl methyl sites for hydroxylation is 1. The molecule has 0 fully saturated rings. The van der Waals surface area contributed by atoms with E-state index in [-0.39, 0.29) is 0 Å². The second kappa shape index (κ2) is 6.76. The molecule has 0 spiro atoms. The lowest BCUT2D eigenvalue weighted by atomic mass is 9.87. The van der Waals surface area contributed by atoms with E-state index < -0.39 is 0 Å². The van der Waals surface area contributed by atoms with E-state index in [9.17, 15) is 5.11 Å². The third-order valence-corrected chi connectivity index (χ3v) is 4.00. The van der Waals surface area contributed by atoms with Crippen LogP contribution in [0, 0.1) is 0 Å². The van der Waals surface area contributed by atoms with Crippen LogP contribution in [0.2, 0.25) is 0 Å². The van der Waals surface area contributed by atoms with Crippen LogP contribution in [0.5, 0.6) is 5.75 Å². The summed E-state index contributed by atoms with van der Waals surface area (Å²) in [6.07, 6.45) is 9.01. The first kappa shape index (κ1) is 14.1. The maximum absolute atomic E-state index is 9.63. The number of aromatic hydroxyl groups is 1. The van der Waals surface area contributed by atoms with Gasteiger partial charge in [0.1, 0.15) is 5.75 Å². The summed E-state index contributed by atoms with van der Waals surface area (Å²) in [4.78, 5) is 2.58. The predicted octanol–water partition coefficient (Wildman–Crippen LogP) is 3.54. The molecule has 1 aliphatic carbocycles. The minimum atomic E-state index is 0.398. The molecule has 1 aliphatic rings. The van der Waals surface area contributed by atoms with Gasteiger partial charge in [-0.05, 0) is 62.4 Å². The summed E-state index contributed by atoms with van der Waals surface area (Å²) in [6, 6.07) is 6.45. The molecule has 1 aromatic carbocycles. The number of benzene rings is 1. The van der Waals surface area contributed by atoms with E-state index in [1.807, 2.05) is 12.1 Å². The number of fused-ring (bicyclic) bond motifs is 1. The highest BCUT2D eigenvalue weighted by atomic mass is 16.3. The Morgan fingerprint density at radius 3 is 2.95 bits per heavy atom. The van der Waals surface area contributed by atoms with E-state index in [0.29, 0.717) is 11.8 Å². The van der Waals surface area contributed by atoms with Gasteiger partial charge in [-0.15, -0.1) is 0 Å². The van der Waals surface area contributed by atoms with Crippen molar-refractivity contribution in [1.29, 1.82) is 0 Å². The smallest absolute Gasteiger partial charge is 0.115 e. The second-order valence-corrected chi connectivity index (χ2v) is 5.41. The summed E-state index contributed by atoms with van der Waals surface area (Å²) < 4.78 is 0. The number of rotatable bonds is 5. The molecule has 1 atom stereocenters. The Morgan fingerprint density at radius 1 is 1.37 bits per heavy atom. The lowest BCUT2D eigenvalue weighted by molar-refractivity contribution is 0.199. The van der Waals surface area contributed by atoms with Gasteiger partial charge in [0.05, 0.1) is 0 Å². The first-order valence-electron chi connectivity index (χ1n) is 7.40. The van der Waals surface area contributed by atoms with Gasteiger partial charge in [-0.3, -0.25) is 4.90 Å². The molecule has 1 aromatic rings. The highest BCUT2D eigenvalue weighted by Gasteiger charge is 2.23. The predicted molar refractivity (Wildman–Crippen MR) is 80.6 cm³/mol. The summed E-state index contributed by atoms with van der Waals surface area (Å²) >= 11 is 0. The molecule has 2 nitrogen and oxygen atoms in total. The zero-order valence-corrected chi connectivity index (χ0v) is 12.1. The number of phenols is 1. The fourth-order valence-corrected chi connectivity index (χ4v) is 2.99. The van der Waals surface area contributed by atoms with Gasteiger partial charge in [-0.1, -0.05) is 25.1 Å². The molecule has 2 heteroatoms. The van der Waals surface area contributed by atoms with Crippen LogP contribution in [0.1, 0.15) is 37.8 Å². The van der Waals surface area contributed by atoms with Gasteiger partial charge in [0.25, 0.3) is 0 Å². The molecule has 0 amide bonds. The lowest BCUT2D eigenvalue weighted by Gasteiger charge is -2.34. The standard InChI is InChI=1S/C17H25NO/c1-3-5-11-18(10-4-2)16-8-6-14-7-9-17(19)13-15(14)12-16/h3,5,7,9,13,16,19H,4,6,8,10-12H2,1-2H3/b5-3+. The van der Waals surface area contributed by atoms with E-state index in [4.69, 9.17) is 0 Å². The van der Waals surface area contributed by atoms with E-state index in [1.54, 1.807) is 0 Å². The number of hydrogen-bond acceptors (Lipinski definition) is 2. The Hall–Kier alpha value is -1.28. The van der Waals surface area contributed by atoms with Crippen molar-refractivity contribution in [3.8, 4) is 5.75 Å². The number of allylic oxidation sites excluding steroid dienone is 1. The Morgan fingerprint density at radius 2 is 2.21 bits per heavy atom. The maximum Gasteiger partial charge on any atom is 0.115 e. The Bertz CT molecular complexity index is 439. The topological polar surface area (TPSA) is 23.5 Å². The molecule has 0 radical (unpaired) electrons. The summed E-state index contributed by atoms with van der Waals surface area (Å²) in [5.74, 6) is 0.398. The molecule has 0 heterocycles. The number of hydrogen-bond donors (Lipinski definition) is 1. The van der Waals surface area contributed by atoms with Gasteiger partial charge in [0.15, 0.2) is 0 Å². The third kappa shape index (κ3) is 3.60. The van der Waals surface area contributed by atoms with Crippen molar-refractivity contribution in [3.05, 3.63) is 41.5 Å². The van der Waals surface area contributed by atoms with Crippen molar-refractivity contribution < 1.29 is 5.11 Å². The zero-order valence-electron chi connectivity index (χ0n) is 12.1. The largest absolute Gasteiger partial charge is 0.508 e. The first-order chi connectivity index (χ1) is 9.24. The number of nitrogens with zero attached hydrogens (tertiary/aromatic N) is 1. The number of phenolic OH excluding ortho intramolecular Hbond substituents is 1. The molecule has 1 N–H and O–H groups in total. The van der Waals surface area contributed by atoms with E-state index in [1.165, 1.54) is 24.0 Å². The normalized spacial score (nSPS) is 19.0. The third-order valence-electron chi connectivity index (χ3n) is 4.00. The molecule has 0 saturated heterocycles. The minimum absolute atomic E-state index is 0.398. The van der Waals surface area contributed by atoms with Crippen LogP contribution in [0.15, 0.2) is 30.4 Å². The van der Waals surface area contributed by atoms with Gasteiger partial charge in [0.2, 0.25) is 0 Å². The molecule has 0 saturated carbocycles. The molecule has 1 unspecified atom stereocenters. The zero-order chi connectivity index (χ0) is 13.7. The summed E-state index contributed by atoms with van der Waals surface area (Å²) in [6.45, 7) is 6.52. The van der Waals surface area contributed by atoms with Gasteiger partial charge < -0.3 is 5.11 Å². The van der Waals surface area contributed by atoms with Crippen LogP contribution < -0.4 is 0 Å². The van der Waals surface area contributed by atoms with Crippen molar-refractivity contribution in [2.24, 2.45) is 0 Å². The SMILES string of the molecule is C/C=C/CN(CCC)C1CCc2ccc(O)cc2C1. The Kier molecular flexibility index (Phi) is 5.03. The highest BCUT2D eigenvalue weighted by molar-refractivity contribution is 5.37. The molecular weight excluding hydrogens is 234 g/mol. The van der Waals surface area contributed by atoms with E-state index >= 15 is 0 Å². The second-order valence-electron chi connectivity index (χ2n) is 5.41. The molecule has 0 bridgehead atoms. The van der Waals surface area contributed by atoms with Crippen LogP contribution >= 0.6 is 0 Å². The summed E-state index contributed by atoms with van der Waals surface area (Å²) in [7, 11) is 0. The van der Waals surface area contributed by atoms with Gasteiger partial charge in [-0.25, -0.2) is 0 Å². The Balaban J connectivity index is 2.09. The van der Waals surface area contributed by atoms with Gasteiger partial charge in [-0.2, -0.15) is 0 Å². The van der Waals surface area contributed by atoms with Crippen molar-refractivity contribution in [3.63, 3.8) is 0 Å². The van der Waals surface area contributed by atoms with Crippen LogP contribution in [-0.2, 0) is 12.8 Å². The van der Waals surface area contributed by atoms with Gasteiger partial charge >= 0.3 is 0 Å². The molecule has 0 aliphatic heterocycles. The van der Waals surface area contributed by atoms with Gasteiger partial charge in [0, 0.05) is 12.6 Å². The Labute approximate surface area is 116 Å². The van der Waals surface area contributed by atoms with Crippen molar-refractivity contribution in [2.45, 2.75) is 45.6 Å². The van der Waals surface area contributed by atoms with Crippen molar-refractivity contribution in [1.82, 2.24) is 4.90 Å². The average Bonchev–Trinajstić information content (AvgIpc) is 2.42. The molecular formula is C17H25NO. The van der Waals surface area contributed by atoms with Crippen LogP contribution in [0.3, 0.4) is 0 Å².